The van der Waals surface area contributed by atoms with Crippen LogP contribution in [0, 0.1) is 13.8 Å². The summed E-state index contributed by atoms with van der Waals surface area (Å²) in [5.41, 5.74) is 2.44. The number of benzene rings is 1. The Morgan fingerprint density at radius 1 is 1.23 bits per heavy atom. The fraction of sp³-hybridized carbons (Fsp3) is 0.571. The molecule has 170 valence electrons. The maximum atomic E-state index is 12.5. The molecule has 1 aromatic rings. The predicted molar refractivity (Wildman–Crippen MR) is 124 cm³/mol. The third-order valence-corrected chi connectivity index (χ3v) is 8.27. The number of aliphatic imine (C=N–C) groups is 1. The first-order valence-corrected chi connectivity index (χ1v) is 12.9. The summed E-state index contributed by atoms with van der Waals surface area (Å²) >= 11 is 1.34. The van der Waals surface area contributed by atoms with Crippen LogP contribution in [0.3, 0.4) is 0 Å². The lowest BCUT2D eigenvalue weighted by molar-refractivity contribution is -0.117. The Balaban J connectivity index is 1.74. The van der Waals surface area contributed by atoms with Crippen molar-refractivity contribution in [3.8, 4) is 0 Å². The van der Waals surface area contributed by atoms with E-state index in [1.165, 1.54) is 11.8 Å². The zero-order valence-corrected chi connectivity index (χ0v) is 20.1. The summed E-state index contributed by atoms with van der Waals surface area (Å²) < 4.78 is 29.5. The van der Waals surface area contributed by atoms with E-state index in [9.17, 15) is 18.0 Å². The van der Waals surface area contributed by atoms with E-state index in [0.717, 1.165) is 16.8 Å². The molecule has 3 rings (SSSR count). The molecule has 0 unspecified atom stereocenters. The number of alkyl carbamates (subject to hydrolysis) is 1. The molecule has 2 heterocycles. The van der Waals surface area contributed by atoms with Crippen molar-refractivity contribution in [1.82, 2.24) is 5.32 Å². The lowest BCUT2D eigenvalue weighted by Gasteiger charge is -2.25. The number of hydrogen-bond donors (Lipinski definition) is 1. The van der Waals surface area contributed by atoms with Gasteiger partial charge in [-0.1, -0.05) is 17.8 Å². The highest BCUT2D eigenvalue weighted by molar-refractivity contribution is 8.16. The molecule has 0 bridgehead atoms. The van der Waals surface area contributed by atoms with E-state index >= 15 is 0 Å². The number of anilines is 1. The van der Waals surface area contributed by atoms with Gasteiger partial charge in [0, 0.05) is 23.9 Å². The Morgan fingerprint density at radius 3 is 2.58 bits per heavy atom. The fourth-order valence-corrected chi connectivity index (χ4v) is 7.42. The van der Waals surface area contributed by atoms with Crippen molar-refractivity contribution in [2.45, 2.75) is 57.9 Å². The van der Waals surface area contributed by atoms with E-state index in [1.54, 1.807) is 20.8 Å². The Kier molecular flexibility index (Phi) is 6.71. The number of hydrogen-bond acceptors (Lipinski definition) is 6. The number of carbonyl (C=O) groups excluding carboxylic acids is 2. The molecule has 2 amide bonds. The van der Waals surface area contributed by atoms with Crippen molar-refractivity contribution in [3.63, 3.8) is 0 Å². The predicted octanol–water partition coefficient (Wildman–Crippen LogP) is 2.82. The van der Waals surface area contributed by atoms with Crippen LogP contribution in [0.2, 0.25) is 0 Å². The first-order chi connectivity index (χ1) is 14.3. The zero-order chi connectivity index (χ0) is 23.0. The summed E-state index contributed by atoms with van der Waals surface area (Å²) in [6.07, 6.45) is -0.558. The van der Waals surface area contributed by atoms with E-state index in [1.807, 2.05) is 36.9 Å². The SMILES string of the molecule is Cc1ccc(N2C(=NC(=O)CCNC(=O)OC(C)(C)C)S[C@H]3CS(=O)(=O)C[C@@H]32)cc1C. The number of nitrogens with one attached hydrogen (secondary N) is 1. The molecule has 2 saturated heterocycles. The minimum absolute atomic E-state index is 0.0255. The summed E-state index contributed by atoms with van der Waals surface area (Å²) in [5.74, 6) is -0.252. The maximum absolute atomic E-state index is 12.5. The van der Waals surface area contributed by atoms with E-state index in [4.69, 9.17) is 4.74 Å². The standard InChI is InChI=1S/C21H29N3O5S2/c1-13-6-7-15(10-14(13)2)24-16-11-31(27,28)12-17(16)30-19(24)23-18(25)8-9-22-20(26)29-21(3,4)5/h6-7,10,16-17H,8-9,11-12H2,1-5H3,(H,22,26)/t16-,17-/m0/s1. The Morgan fingerprint density at radius 2 is 1.94 bits per heavy atom. The second kappa shape index (κ2) is 8.82. The van der Waals surface area contributed by atoms with Crippen LogP contribution in [0.5, 0.6) is 0 Å². The Labute approximate surface area is 187 Å². The van der Waals surface area contributed by atoms with Crippen LogP contribution in [0.4, 0.5) is 10.5 Å². The van der Waals surface area contributed by atoms with Gasteiger partial charge in [0.05, 0.1) is 17.5 Å². The van der Waals surface area contributed by atoms with Gasteiger partial charge in [-0.2, -0.15) is 4.99 Å². The van der Waals surface area contributed by atoms with Crippen LogP contribution in [0.1, 0.15) is 38.3 Å². The molecular formula is C21H29N3O5S2. The quantitative estimate of drug-likeness (QED) is 0.726. The van der Waals surface area contributed by atoms with Gasteiger partial charge in [-0.25, -0.2) is 13.2 Å². The van der Waals surface area contributed by atoms with Crippen LogP contribution >= 0.6 is 11.8 Å². The lowest BCUT2D eigenvalue weighted by Crippen LogP contribution is -2.38. The summed E-state index contributed by atoms with van der Waals surface area (Å²) in [6, 6.07) is 5.66. The number of ether oxygens (including phenoxy) is 1. The minimum atomic E-state index is -3.12. The molecule has 1 N–H and O–H groups in total. The molecule has 0 aromatic heterocycles. The van der Waals surface area contributed by atoms with Gasteiger partial charge in [0.2, 0.25) is 5.91 Å². The first-order valence-electron chi connectivity index (χ1n) is 10.2. The molecule has 0 spiro atoms. The highest BCUT2D eigenvalue weighted by atomic mass is 32.2. The average molecular weight is 468 g/mol. The number of amidine groups is 1. The number of sulfone groups is 1. The smallest absolute Gasteiger partial charge is 0.407 e. The van der Waals surface area contributed by atoms with Crippen molar-refractivity contribution in [2.75, 3.05) is 23.0 Å². The zero-order valence-electron chi connectivity index (χ0n) is 18.5. The molecule has 0 aliphatic carbocycles. The number of thioether (sulfide) groups is 1. The molecule has 31 heavy (non-hydrogen) atoms. The normalized spacial score (nSPS) is 23.6. The summed E-state index contributed by atoms with van der Waals surface area (Å²) in [6.45, 7) is 9.41. The molecule has 8 nitrogen and oxygen atoms in total. The summed E-state index contributed by atoms with van der Waals surface area (Å²) in [4.78, 5) is 30.3. The molecular weight excluding hydrogens is 438 g/mol. The third-order valence-electron chi connectivity index (χ3n) is 5.06. The second-order valence-corrected chi connectivity index (χ2v) is 12.3. The molecule has 0 saturated carbocycles. The van der Waals surface area contributed by atoms with E-state index in [0.29, 0.717) is 5.17 Å². The highest BCUT2D eigenvalue weighted by Crippen LogP contribution is 2.41. The lowest BCUT2D eigenvalue weighted by atomic mass is 10.1. The van der Waals surface area contributed by atoms with Gasteiger partial charge in [-0.3, -0.25) is 4.79 Å². The van der Waals surface area contributed by atoms with E-state index in [2.05, 4.69) is 10.3 Å². The third kappa shape index (κ3) is 6.00. The number of nitrogens with zero attached hydrogens (tertiary/aromatic N) is 2. The molecule has 2 fully saturated rings. The van der Waals surface area contributed by atoms with Crippen molar-refractivity contribution >= 4 is 44.5 Å². The number of rotatable bonds is 4. The minimum Gasteiger partial charge on any atom is -0.444 e. The molecule has 2 aliphatic rings. The average Bonchev–Trinajstić information content (AvgIpc) is 3.06. The van der Waals surface area contributed by atoms with Crippen LogP contribution in [-0.2, 0) is 19.4 Å². The Hall–Kier alpha value is -2.07. The number of fused-ring (bicyclic) bond motifs is 1. The molecule has 1 aromatic carbocycles. The van der Waals surface area contributed by atoms with Gasteiger partial charge in [0.25, 0.3) is 0 Å². The van der Waals surface area contributed by atoms with Crippen molar-refractivity contribution in [3.05, 3.63) is 29.3 Å². The van der Waals surface area contributed by atoms with Gasteiger partial charge >= 0.3 is 6.09 Å². The molecule has 2 atom stereocenters. The van der Waals surface area contributed by atoms with E-state index < -0.39 is 21.5 Å². The molecule has 0 radical (unpaired) electrons. The van der Waals surface area contributed by atoms with Gasteiger partial charge in [-0.15, -0.1) is 0 Å². The van der Waals surface area contributed by atoms with Crippen LogP contribution in [0.15, 0.2) is 23.2 Å². The van der Waals surface area contributed by atoms with Crippen LogP contribution in [-0.4, -0.2) is 60.5 Å². The number of amides is 2. The highest BCUT2D eigenvalue weighted by Gasteiger charge is 2.49. The maximum Gasteiger partial charge on any atom is 0.407 e. The van der Waals surface area contributed by atoms with Gasteiger partial charge in [0.15, 0.2) is 15.0 Å². The number of carbonyl (C=O) groups is 2. The molecule has 10 heteroatoms. The van der Waals surface area contributed by atoms with Crippen LogP contribution in [0.25, 0.3) is 0 Å². The van der Waals surface area contributed by atoms with E-state index in [-0.39, 0.29) is 41.7 Å². The monoisotopic (exact) mass is 467 g/mol. The largest absolute Gasteiger partial charge is 0.444 e. The molecule has 2 aliphatic heterocycles. The van der Waals surface area contributed by atoms with Crippen molar-refractivity contribution < 1.29 is 22.7 Å². The fourth-order valence-electron chi connectivity index (χ4n) is 3.49. The summed E-state index contributed by atoms with van der Waals surface area (Å²) in [7, 11) is -3.12. The van der Waals surface area contributed by atoms with Gasteiger partial charge in [-0.05, 0) is 57.9 Å². The van der Waals surface area contributed by atoms with Crippen LogP contribution < -0.4 is 10.2 Å². The summed E-state index contributed by atoms with van der Waals surface area (Å²) in [5, 5.41) is 2.91. The van der Waals surface area contributed by atoms with Crippen molar-refractivity contribution in [1.29, 1.82) is 0 Å². The number of aryl methyl sites for hydroxylation is 2. The second-order valence-electron chi connectivity index (χ2n) is 8.91. The van der Waals surface area contributed by atoms with Gasteiger partial charge < -0.3 is 15.0 Å². The van der Waals surface area contributed by atoms with Crippen molar-refractivity contribution in [2.24, 2.45) is 4.99 Å². The van der Waals surface area contributed by atoms with Gasteiger partial charge in [0.1, 0.15) is 5.60 Å². The topological polar surface area (TPSA) is 105 Å². The first kappa shape index (κ1) is 23.6. The Bertz CT molecular complexity index is 1010.